The molecule has 6 heteroatoms. The highest BCUT2D eigenvalue weighted by Gasteiger charge is 2.11. The van der Waals surface area contributed by atoms with E-state index in [0.29, 0.717) is 43.2 Å². The first-order valence-corrected chi connectivity index (χ1v) is 10.3. The van der Waals surface area contributed by atoms with Gasteiger partial charge in [0, 0.05) is 20.3 Å². The SMILES string of the molecule is COCCCNC(=O)/C(C#N)=C/c1ccc(OCc2cccc3ccccc23)c(OC)c1. The van der Waals surface area contributed by atoms with E-state index in [9.17, 15) is 10.1 Å². The lowest BCUT2D eigenvalue weighted by atomic mass is 10.1. The Morgan fingerprint density at radius 3 is 2.66 bits per heavy atom. The Morgan fingerprint density at radius 2 is 1.88 bits per heavy atom. The molecule has 0 fully saturated rings. The van der Waals surface area contributed by atoms with Gasteiger partial charge in [0.05, 0.1) is 7.11 Å². The van der Waals surface area contributed by atoms with Crippen LogP contribution in [0.1, 0.15) is 17.5 Å². The maximum atomic E-state index is 12.2. The Hall–Kier alpha value is -3.82. The lowest BCUT2D eigenvalue weighted by Crippen LogP contribution is -2.26. The van der Waals surface area contributed by atoms with E-state index in [2.05, 4.69) is 23.5 Å². The Morgan fingerprint density at radius 1 is 1.06 bits per heavy atom. The monoisotopic (exact) mass is 430 g/mol. The second kappa shape index (κ2) is 11.5. The van der Waals surface area contributed by atoms with E-state index in [1.165, 1.54) is 6.08 Å². The van der Waals surface area contributed by atoms with Gasteiger partial charge in [0.15, 0.2) is 11.5 Å². The van der Waals surface area contributed by atoms with Crippen LogP contribution in [0.5, 0.6) is 11.5 Å². The van der Waals surface area contributed by atoms with Gasteiger partial charge in [0.25, 0.3) is 5.91 Å². The number of nitrogens with one attached hydrogen (secondary N) is 1. The normalized spacial score (nSPS) is 11.1. The fourth-order valence-corrected chi connectivity index (χ4v) is 3.30. The van der Waals surface area contributed by atoms with Gasteiger partial charge in [0.1, 0.15) is 18.2 Å². The minimum atomic E-state index is -0.418. The van der Waals surface area contributed by atoms with Crippen LogP contribution in [-0.2, 0) is 16.1 Å². The summed E-state index contributed by atoms with van der Waals surface area (Å²) in [6.07, 6.45) is 2.21. The summed E-state index contributed by atoms with van der Waals surface area (Å²) in [6, 6.07) is 21.5. The van der Waals surface area contributed by atoms with Crippen LogP contribution in [-0.4, -0.2) is 33.3 Å². The van der Waals surface area contributed by atoms with Gasteiger partial charge in [0.2, 0.25) is 0 Å². The molecular weight excluding hydrogens is 404 g/mol. The van der Waals surface area contributed by atoms with Crippen molar-refractivity contribution in [1.29, 1.82) is 5.26 Å². The summed E-state index contributed by atoms with van der Waals surface area (Å²) in [5.41, 5.74) is 1.77. The summed E-state index contributed by atoms with van der Waals surface area (Å²) < 4.78 is 16.5. The van der Waals surface area contributed by atoms with Crippen LogP contribution in [0.15, 0.2) is 66.2 Å². The molecule has 0 atom stereocenters. The Kier molecular flexibility index (Phi) is 8.24. The Labute approximate surface area is 188 Å². The topological polar surface area (TPSA) is 80.6 Å². The van der Waals surface area contributed by atoms with Crippen molar-refractivity contribution in [3.8, 4) is 17.6 Å². The van der Waals surface area contributed by atoms with Crippen molar-refractivity contribution in [2.24, 2.45) is 0 Å². The van der Waals surface area contributed by atoms with Crippen molar-refractivity contribution >= 4 is 22.8 Å². The van der Waals surface area contributed by atoms with Crippen molar-refractivity contribution in [3.63, 3.8) is 0 Å². The minimum absolute atomic E-state index is 0.0221. The summed E-state index contributed by atoms with van der Waals surface area (Å²) in [5.74, 6) is 0.691. The van der Waals surface area contributed by atoms with E-state index in [-0.39, 0.29) is 5.57 Å². The smallest absolute Gasteiger partial charge is 0.261 e. The van der Waals surface area contributed by atoms with Gasteiger partial charge in [-0.05, 0) is 46.5 Å². The van der Waals surface area contributed by atoms with Gasteiger partial charge >= 0.3 is 0 Å². The number of nitriles is 1. The van der Waals surface area contributed by atoms with E-state index in [1.807, 2.05) is 30.3 Å². The summed E-state index contributed by atoms with van der Waals surface area (Å²) in [5, 5.41) is 14.4. The zero-order chi connectivity index (χ0) is 22.8. The maximum Gasteiger partial charge on any atom is 0.261 e. The summed E-state index contributed by atoms with van der Waals surface area (Å²) in [6.45, 7) is 1.37. The van der Waals surface area contributed by atoms with Gasteiger partial charge in [-0.2, -0.15) is 5.26 Å². The van der Waals surface area contributed by atoms with Crippen LogP contribution >= 0.6 is 0 Å². The van der Waals surface area contributed by atoms with Crippen LogP contribution in [0, 0.1) is 11.3 Å². The van der Waals surface area contributed by atoms with Crippen molar-refractivity contribution in [1.82, 2.24) is 5.32 Å². The molecule has 3 rings (SSSR count). The van der Waals surface area contributed by atoms with Gasteiger partial charge in [-0.25, -0.2) is 0 Å². The molecule has 0 aliphatic rings. The molecule has 0 heterocycles. The second-order valence-electron chi connectivity index (χ2n) is 7.11. The van der Waals surface area contributed by atoms with E-state index >= 15 is 0 Å². The highest BCUT2D eigenvalue weighted by molar-refractivity contribution is 6.01. The van der Waals surface area contributed by atoms with Gasteiger partial charge in [-0.3, -0.25) is 4.79 Å². The molecule has 0 aromatic heterocycles. The molecule has 0 bridgehead atoms. The number of amides is 1. The summed E-state index contributed by atoms with van der Waals surface area (Å²) >= 11 is 0. The number of fused-ring (bicyclic) bond motifs is 1. The van der Waals surface area contributed by atoms with Gasteiger partial charge in [-0.15, -0.1) is 0 Å². The quantitative estimate of drug-likeness (QED) is 0.291. The fraction of sp³-hybridized carbons (Fsp3) is 0.231. The largest absolute Gasteiger partial charge is 0.493 e. The predicted octanol–water partition coefficient (Wildman–Crippen LogP) is 4.49. The predicted molar refractivity (Wildman–Crippen MR) is 124 cm³/mol. The number of ether oxygens (including phenoxy) is 3. The third kappa shape index (κ3) is 5.87. The molecule has 0 saturated carbocycles. The average Bonchev–Trinajstić information content (AvgIpc) is 2.84. The molecule has 1 N–H and O–H groups in total. The lowest BCUT2D eigenvalue weighted by Gasteiger charge is -2.13. The molecule has 3 aromatic rings. The minimum Gasteiger partial charge on any atom is -0.493 e. The molecule has 0 aliphatic carbocycles. The number of carbonyl (C=O) groups excluding carboxylic acids is 1. The van der Waals surface area contributed by atoms with Crippen LogP contribution in [0.25, 0.3) is 16.8 Å². The molecule has 3 aromatic carbocycles. The van der Waals surface area contributed by atoms with Gasteiger partial charge < -0.3 is 19.5 Å². The molecule has 0 unspecified atom stereocenters. The molecule has 1 amide bonds. The van der Waals surface area contributed by atoms with E-state index < -0.39 is 5.91 Å². The third-order valence-electron chi connectivity index (χ3n) is 4.94. The van der Waals surface area contributed by atoms with Crippen molar-refractivity contribution in [2.75, 3.05) is 27.4 Å². The van der Waals surface area contributed by atoms with E-state index in [4.69, 9.17) is 14.2 Å². The Bertz CT molecular complexity index is 1140. The zero-order valence-electron chi connectivity index (χ0n) is 18.3. The molecule has 0 spiro atoms. The lowest BCUT2D eigenvalue weighted by molar-refractivity contribution is -0.117. The molecule has 0 radical (unpaired) electrons. The van der Waals surface area contributed by atoms with Crippen LogP contribution in [0.2, 0.25) is 0 Å². The highest BCUT2D eigenvalue weighted by atomic mass is 16.5. The first-order chi connectivity index (χ1) is 15.7. The number of carbonyl (C=O) groups is 1. The number of hydrogen-bond acceptors (Lipinski definition) is 5. The molecule has 6 nitrogen and oxygen atoms in total. The van der Waals surface area contributed by atoms with E-state index in [1.54, 1.807) is 32.4 Å². The number of rotatable bonds is 10. The van der Waals surface area contributed by atoms with Crippen LogP contribution < -0.4 is 14.8 Å². The molecule has 32 heavy (non-hydrogen) atoms. The van der Waals surface area contributed by atoms with Crippen molar-refractivity contribution in [2.45, 2.75) is 13.0 Å². The molecule has 0 saturated heterocycles. The Balaban J connectivity index is 1.73. The van der Waals surface area contributed by atoms with Crippen LogP contribution in [0.4, 0.5) is 0 Å². The molecule has 164 valence electrons. The number of methoxy groups -OCH3 is 2. The van der Waals surface area contributed by atoms with Crippen LogP contribution in [0.3, 0.4) is 0 Å². The van der Waals surface area contributed by atoms with E-state index in [0.717, 1.165) is 16.3 Å². The second-order valence-corrected chi connectivity index (χ2v) is 7.11. The number of hydrogen-bond donors (Lipinski definition) is 1. The third-order valence-corrected chi connectivity index (χ3v) is 4.94. The highest BCUT2D eigenvalue weighted by Crippen LogP contribution is 2.30. The summed E-state index contributed by atoms with van der Waals surface area (Å²) in [4.78, 5) is 12.2. The number of nitrogens with zero attached hydrogens (tertiary/aromatic N) is 1. The van der Waals surface area contributed by atoms with Gasteiger partial charge in [-0.1, -0.05) is 48.5 Å². The fourth-order valence-electron chi connectivity index (χ4n) is 3.30. The first-order valence-electron chi connectivity index (χ1n) is 10.3. The summed E-state index contributed by atoms with van der Waals surface area (Å²) in [7, 11) is 3.16. The van der Waals surface area contributed by atoms with Crippen molar-refractivity contribution < 1.29 is 19.0 Å². The number of benzene rings is 3. The molecule has 0 aliphatic heterocycles. The average molecular weight is 431 g/mol. The molecular formula is C26H26N2O4. The van der Waals surface area contributed by atoms with Crippen molar-refractivity contribution in [3.05, 3.63) is 77.4 Å². The first kappa shape index (κ1) is 22.9. The zero-order valence-corrected chi connectivity index (χ0v) is 18.3. The standard InChI is InChI=1S/C26H26N2O4/c1-30-14-6-13-28-26(29)22(17-27)15-19-11-12-24(25(16-19)31-2)32-18-21-9-5-8-20-7-3-4-10-23(20)21/h3-5,7-12,15-16H,6,13-14,18H2,1-2H3,(H,28,29)/b22-15+. The maximum absolute atomic E-state index is 12.2.